The molecule has 1 unspecified atom stereocenters. The maximum Gasteiger partial charge on any atom is 0.127 e. The Labute approximate surface area is 96.6 Å². The second-order valence-corrected chi connectivity index (χ2v) is 4.05. The minimum atomic E-state index is 0.436. The number of pyridine rings is 1. The Morgan fingerprint density at radius 3 is 3.25 bits per heavy atom. The van der Waals surface area contributed by atoms with E-state index >= 15 is 0 Å². The highest BCUT2D eigenvalue weighted by atomic mass is 16.5. The third-order valence-corrected chi connectivity index (χ3v) is 2.80. The van der Waals surface area contributed by atoms with Gasteiger partial charge in [-0.25, -0.2) is 4.98 Å². The monoisotopic (exact) mass is 221 g/mol. The molecule has 0 amide bonds. The van der Waals surface area contributed by atoms with Gasteiger partial charge in [0, 0.05) is 37.1 Å². The molecule has 1 saturated heterocycles. The van der Waals surface area contributed by atoms with Gasteiger partial charge in [-0.1, -0.05) is 0 Å². The van der Waals surface area contributed by atoms with Crippen molar-refractivity contribution in [1.29, 1.82) is 0 Å². The fraction of sp³-hybridized carbons (Fsp3) is 0.583. The first-order valence-electron chi connectivity index (χ1n) is 5.85. The van der Waals surface area contributed by atoms with Gasteiger partial charge in [-0.15, -0.1) is 0 Å². The molecule has 1 fully saturated rings. The normalized spacial score (nSPS) is 20.9. The second-order valence-electron chi connectivity index (χ2n) is 4.05. The summed E-state index contributed by atoms with van der Waals surface area (Å²) < 4.78 is 5.44. The van der Waals surface area contributed by atoms with E-state index in [0.717, 1.165) is 32.1 Å². The SMILES string of the molecule is CCNc1cc(N2CCOCC2C)ccn1. The molecule has 4 nitrogen and oxygen atoms in total. The first-order valence-corrected chi connectivity index (χ1v) is 5.85. The third-order valence-electron chi connectivity index (χ3n) is 2.80. The average molecular weight is 221 g/mol. The molecular weight excluding hydrogens is 202 g/mol. The Kier molecular flexibility index (Phi) is 3.62. The van der Waals surface area contributed by atoms with Gasteiger partial charge in [0.25, 0.3) is 0 Å². The molecule has 0 aliphatic carbocycles. The second kappa shape index (κ2) is 5.16. The Balaban J connectivity index is 2.15. The lowest BCUT2D eigenvalue weighted by Crippen LogP contribution is -2.43. The molecule has 4 heteroatoms. The molecule has 1 atom stereocenters. The standard InChI is InChI=1S/C12H19N3O/c1-3-13-12-8-11(4-5-14-12)15-6-7-16-9-10(15)2/h4-5,8,10H,3,6-7,9H2,1-2H3,(H,13,14). The Bertz CT molecular complexity index is 343. The molecule has 88 valence electrons. The lowest BCUT2D eigenvalue weighted by atomic mass is 10.2. The van der Waals surface area contributed by atoms with Crippen LogP contribution >= 0.6 is 0 Å². The molecule has 1 aromatic heterocycles. The maximum absolute atomic E-state index is 5.44. The van der Waals surface area contributed by atoms with Crippen LogP contribution in [0.2, 0.25) is 0 Å². The number of nitrogens with one attached hydrogen (secondary N) is 1. The summed E-state index contributed by atoms with van der Waals surface area (Å²) in [4.78, 5) is 6.65. The van der Waals surface area contributed by atoms with Gasteiger partial charge < -0.3 is 15.0 Å². The molecule has 1 aliphatic heterocycles. The minimum absolute atomic E-state index is 0.436. The molecule has 0 aromatic carbocycles. The Morgan fingerprint density at radius 1 is 1.62 bits per heavy atom. The van der Waals surface area contributed by atoms with Crippen LogP contribution in [0.15, 0.2) is 18.3 Å². The number of hydrogen-bond donors (Lipinski definition) is 1. The van der Waals surface area contributed by atoms with Crippen molar-refractivity contribution in [3.63, 3.8) is 0 Å². The predicted octanol–water partition coefficient (Wildman–Crippen LogP) is 1.74. The van der Waals surface area contributed by atoms with E-state index in [-0.39, 0.29) is 0 Å². The highest BCUT2D eigenvalue weighted by molar-refractivity contribution is 5.54. The maximum atomic E-state index is 5.44. The minimum Gasteiger partial charge on any atom is -0.377 e. The van der Waals surface area contributed by atoms with Crippen LogP contribution in [0.4, 0.5) is 11.5 Å². The smallest absolute Gasteiger partial charge is 0.127 e. The fourth-order valence-corrected chi connectivity index (χ4v) is 1.99. The summed E-state index contributed by atoms with van der Waals surface area (Å²) >= 11 is 0. The van der Waals surface area contributed by atoms with Crippen molar-refractivity contribution < 1.29 is 4.74 Å². The van der Waals surface area contributed by atoms with E-state index in [1.807, 2.05) is 6.20 Å². The first-order chi connectivity index (χ1) is 7.81. The summed E-state index contributed by atoms with van der Waals surface area (Å²) in [5.74, 6) is 0.943. The highest BCUT2D eigenvalue weighted by Gasteiger charge is 2.19. The summed E-state index contributed by atoms with van der Waals surface area (Å²) in [5, 5.41) is 3.23. The molecule has 0 saturated carbocycles. The molecule has 2 heterocycles. The van der Waals surface area contributed by atoms with Crippen molar-refractivity contribution in [2.45, 2.75) is 19.9 Å². The van der Waals surface area contributed by atoms with Crippen LogP contribution in [0.25, 0.3) is 0 Å². The van der Waals surface area contributed by atoms with Crippen molar-refractivity contribution in [2.24, 2.45) is 0 Å². The van der Waals surface area contributed by atoms with Crippen molar-refractivity contribution in [1.82, 2.24) is 4.98 Å². The number of rotatable bonds is 3. The lowest BCUT2D eigenvalue weighted by Gasteiger charge is -2.35. The number of hydrogen-bond acceptors (Lipinski definition) is 4. The molecule has 1 N–H and O–H groups in total. The van der Waals surface area contributed by atoms with Crippen molar-refractivity contribution >= 4 is 11.5 Å². The van der Waals surface area contributed by atoms with Gasteiger partial charge in [0.05, 0.1) is 13.2 Å². The highest BCUT2D eigenvalue weighted by Crippen LogP contribution is 2.21. The van der Waals surface area contributed by atoms with Gasteiger partial charge in [-0.05, 0) is 19.9 Å². The van der Waals surface area contributed by atoms with E-state index in [1.54, 1.807) is 0 Å². The molecule has 0 radical (unpaired) electrons. The number of anilines is 2. The van der Waals surface area contributed by atoms with E-state index in [0.29, 0.717) is 6.04 Å². The van der Waals surface area contributed by atoms with E-state index in [4.69, 9.17) is 4.74 Å². The number of morpholine rings is 1. The zero-order valence-electron chi connectivity index (χ0n) is 9.94. The van der Waals surface area contributed by atoms with Gasteiger partial charge in [0.2, 0.25) is 0 Å². The van der Waals surface area contributed by atoms with Gasteiger partial charge in [-0.3, -0.25) is 0 Å². The summed E-state index contributed by atoms with van der Waals surface area (Å²) in [6, 6.07) is 4.60. The summed E-state index contributed by atoms with van der Waals surface area (Å²) in [6.45, 7) is 7.73. The number of nitrogens with zero attached hydrogens (tertiary/aromatic N) is 2. The van der Waals surface area contributed by atoms with Crippen molar-refractivity contribution in [3.05, 3.63) is 18.3 Å². The van der Waals surface area contributed by atoms with Gasteiger partial charge >= 0.3 is 0 Å². The van der Waals surface area contributed by atoms with Crippen LogP contribution < -0.4 is 10.2 Å². The van der Waals surface area contributed by atoms with Crippen LogP contribution in [0.1, 0.15) is 13.8 Å². The Morgan fingerprint density at radius 2 is 2.50 bits per heavy atom. The molecule has 2 rings (SSSR count). The van der Waals surface area contributed by atoms with Gasteiger partial charge in [0.15, 0.2) is 0 Å². The fourth-order valence-electron chi connectivity index (χ4n) is 1.99. The van der Waals surface area contributed by atoms with E-state index in [2.05, 4.69) is 41.2 Å². The first kappa shape index (κ1) is 11.2. The van der Waals surface area contributed by atoms with E-state index < -0.39 is 0 Å². The average Bonchev–Trinajstić information content (AvgIpc) is 2.30. The van der Waals surface area contributed by atoms with Gasteiger partial charge in [0.1, 0.15) is 5.82 Å². The molecule has 1 aliphatic rings. The molecule has 0 bridgehead atoms. The Hall–Kier alpha value is -1.29. The van der Waals surface area contributed by atoms with Gasteiger partial charge in [-0.2, -0.15) is 0 Å². The van der Waals surface area contributed by atoms with Crippen LogP contribution in [0, 0.1) is 0 Å². The molecule has 16 heavy (non-hydrogen) atoms. The number of aromatic nitrogens is 1. The van der Waals surface area contributed by atoms with Crippen LogP contribution in [-0.2, 0) is 4.74 Å². The van der Waals surface area contributed by atoms with E-state index in [1.165, 1.54) is 5.69 Å². The van der Waals surface area contributed by atoms with Crippen molar-refractivity contribution in [3.8, 4) is 0 Å². The van der Waals surface area contributed by atoms with E-state index in [9.17, 15) is 0 Å². The molecular formula is C12H19N3O. The molecule has 0 spiro atoms. The van der Waals surface area contributed by atoms with Crippen LogP contribution in [-0.4, -0.2) is 37.3 Å². The summed E-state index contributed by atoms with van der Waals surface area (Å²) in [6.07, 6.45) is 1.86. The summed E-state index contributed by atoms with van der Waals surface area (Å²) in [5.41, 5.74) is 1.22. The number of ether oxygens (including phenoxy) is 1. The van der Waals surface area contributed by atoms with Crippen molar-refractivity contribution in [2.75, 3.05) is 36.5 Å². The molecule has 1 aromatic rings. The largest absolute Gasteiger partial charge is 0.377 e. The van der Waals surface area contributed by atoms with Crippen LogP contribution in [0.5, 0.6) is 0 Å². The predicted molar refractivity (Wildman–Crippen MR) is 66.0 cm³/mol. The lowest BCUT2D eigenvalue weighted by molar-refractivity contribution is 0.0989. The van der Waals surface area contributed by atoms with Crippen LogP contribution in [0.3, 0.4) is 0 Å². The topological polar surface area (TPSA) is 37.4 Å². The summed E-state index contributed by atoms with van der Waals surface area (Å²) in [7, 11) is 0. The zero-order valence-corrected chi connectivity index (χ0v) is 9.94. The zero-order chi connectivity index (χ0) is 11.4. The third kappa shape index (κ3) is 2.44. The quantitative estimate of drug-likeness (QED) is 0.843.